The Hall–Kier alpha value is -2.51. The molecule has 3 N–H and O–H groups in total. The number of imide groups is 1. The van der Waals surface area contributed by atoms with Crippen LogP contribution >= 0.6 is 0 Å². The molecule has 37 heavy (non-hydrogen) atoms. The monoisotopic (exact) mass is 513 g/mol. The van der Waals surface area contributed by atoms with Crippen molar-refractivity contribution in [1.82, 2.24) is 4.90 Å². The van der Waals surface area contributed by atoms with Crippen LogP contribution in [0.15, 0.2) is 34.9 Å². The van der Waals surface area contributed by atoms with Gasteiger partial charge in [0.2, 0.25) is 11.8 Å². The lowest BCUT2D eigenvalue weighted by Crippen LogP contribution is -2.42. The zero-order valence-corrected chi connectivity index (χ0v) is 22.0. The number of carbonyl (C=O) groups excluding carboxylic acids is 2. The van der Waals surface area contributed by atoms with E-state index in [9.17, 15) is 29.3 Å². The SMILES string of the molecule is CCCC1=C([C@H](O)CC/C(C)=C/c2ccc(O)c(F)c2)[C@H](CO)[C@@H]2C(=O)N(C3CCCCC3)C(=O)[C@@H]2C1. The standard InChI is InChI=1S/C30H40FNO5/c1-3-7-20-16-22-28(30(37)32(29(22)36)21-8-5-4-6-9-21)23(17-33)27(20)26(35)12-10-18(2)14-19-11-13-25(34)24(31)15-19/h11,13-15,21-23,26,28,33-35H,3-10,12,16-17H2,1-2H3/b18-14+/t22-,23+,26-,28-/m1/s1. The first-order valence-corrected chi connectivity index (χ1v) is 13.8. The Balaban J connectivity index is 1.54. The van der Waals surface area contributed by atoms with Crippen molar-refractivity contribution in [1.29, 1.82) is 0 Å². The number of rotatable bonds is 9. The second kappa shape index (κ2) is 11.9. The summed E-state index contributed by atoms with van der Waals surface area (Å²) in [4.78, 5) is 28.6. The highest BCUT2D eigenvalue weighted by Gasteiger charge is 2.56. The molecule has 1 aromatic rings. The highest BCUT2D eigenvalue weighted by Crippen LogP contribution is 2.48. The molecule has 202 valence electrons. The number of phenolic OH excluding ortho intramolecular Hbond substituents is 1. The molecule has 7 heteroatoms. The van der Waals surface area contributed by atoms with Crippen molar-refractivity contribution in [3.8, 4) is 5.75 Å². The molecule has 0 radical (unpaired) electrons. The van der Waals surface area contributed by atoms with Gasteiger partial charge >= 0.3 is 0 Å². The van der Waals surface area contributed by atoms with E-state index in [1.54, 1.807) is 6.07 Å². The van der Waals surface area contributed by atoms with Crippen molar-refractivity contribution in [2.75, 3.05) is 6.61 Å². The second-order valence-electron chi connectivity index (χ2n) is 11.0. The molecule has 6 nitrogen and oxygen atoms in total. The highest BCUT2D eigenvalue weighted by atomic mass is 19.1. The molecule has 2 aliphatic carbocycles. The van der Waals surface area contributed by atoms with E-state index in [-0.39, 0.29) is 24.5 Å². The first-order valence-electron chi connectivity index (χ1n) is 13.8. The predicted molar refractivity (Wildman–Crippen MR) is 140 cm³/mol. The number of halogens is 1. The predicted octanol–water partition coefficient (Wildman–Crippen LogP) is 5.12. The summed E-state index contributed by atoms with van der Waals surface area (Å²) in [5, 5.41) is 31.2. The van der Waals surface area contributed by atoms with Gasteiger partial charge < -0.3 is 15.3 Å². The molecule has 1 aromatic carbocycles. The van der Waals surface area contributed by atoms with Crippen LogP contribution in [0.3, 0.4) is 0 Å². The van der Waals surface area contributed by atoms with E-state index < -0.39 is 35.4 Å². The van der Waals surface area contributed by atoms with Crippen LogP contribution in [0.2, 0.25) is 0 Å². The number of fused-ring (bicyclic) bond motifs is 1. The minimum atomic E-state index is -0.841. The summed E-state index contributed by atoms with van der Waals surface area (Å²) in [7, 11) is 0. The van der Waals surface area contributed by atoms with Crippen molar-refractivity contribution in [3.63, 3.8) is 0 Å². The number of phenols is 1. The lowest BCUT2D eigenvalue weighted by atomic mass is 9.67. The van der Waals surface area contributed by atoms with Gasteiger partial charge in [-0.1, -0.05) is 55.9 Å². The number of nitrogens with zero attached hydrogens (tertiary/aromatic N) is 1. The lowest BCUT2D eigenvalue weighted by molar-refractivity contribution is -0.143. The Labute approximate surface area is 218 Å². The minimum absolute atomic E-state index is 0.0424. The Morgan fingerprint density at radius 2 is 1.92 bits per heavy atom. The normalized spacial score (nSPS) is 26.1. The summed E-state index contributed by atoms with van der Waals surface area (Å²) < 4.78 is 13.7. The van der Waals surface area contributed by atoms with Crippen LogP contribution in [-0.4, -0.2) is 50.8 Å². The molecule has 4 atom stereocenters. The Morgan fingerprint density at radius 1 is 1.19 bits per heavy atom. The van der Waals surface area contributed by atoms with Gasteiger partial charge in [0, 0.05) is 12.0 Å². The fourth-order valence-corrected chi connectivity index (χ4v) is 6.71. The quantitative estimate of drug-likeness (QED) is 0.315. The van der Waals surface area contributed by atoms with E-state index in [1.807, 2.05) is 13.0 Å². The third-order valence-electron chi connectivity index (χ3n) is 8.46. The van der Waals surface area contributed by atoms with Gasteiger partial charge in [-0.15, -0.1) is 0 Å². The topological polar surface area (TPSA) is 98.1 Å². The minimum Gasteiger partial charge on any atom is -0.505 e. The maximum Gasteiger partial charge on any atom is 0.234 e. The molecule has 1 heterocycles. The van der Waals surface area contributed by atoms with E-state index in [4.69, 9.17) is 0 Å². The van der Waals surface area contributed by atoms with Crippen molar-refractivity contribution in [2.24, 2.45) is 17.8 Å². The zero-order chi connectivity index (χ0) is 26.7. The van der Waals surface area contributed by atoms with Gasteiger partial charge in [0.15, 0.2) is 11.6 Å². The van der Waals surface area contributed by atoms with Gasteiger partial charge in [-0.25, -0.2) is 4.39 Å². The molecule has 2 fully saturated rings. The van der Waals surface area contributed by atoms with Gasteiger partial charge in [-0.05, 0) is 68.7 Å². The number of aliphatic hydroxyl groups excluding tert-OH is 2. The van der Waals surface area contributed by atoms with Crippen LogP contribution in [-0.2, 0) is 9.59 Å². The van der Waals surface area contributed by atoms with Crippen LogP contribution in [0.4, 0.5) is 4.39 Å². The number of aliphatic hydroxyl groups is 2. The molecule has 0 unspecified atom stereocenters. The molecule has 1 saturated heterocycles. The Kier molecular flexibility index (Phi) is 8.86. The maximum absolute atomic E-state index is 13.7. The molecular formula is C30H40FNO5. The van der Waals surface area contributed by atoms with Gasteiger partial charge in [0.05, 0.1) is 24.5 Å². The van der Waals surface area contributed by atoms with E-state index in [1.165, 1.54) is 17.0 Å². The number of allylic oxidation sites excluding steroid dienone is 2. The van der Waals surface area contributed by atoms with E-state index in [2.05, 4.69) is 6.92 Å². The first kappa shape index (κ1) is 27.5. The van der Waals surface area contributed by atoms with Gasteiger partial charge in [0.1, 0.15) is 0 Å². The van der Waals surface area contributed by atoms with Crippen LogP contribution in [0.5, 0.6) is 5.75 Å². The van der Waals surface area contributed by atoms with Crippen LogP contribution < -0.4 is 0 Å². The largest absolute Gasteiger partial charge is 0.505 e. The fraction of sp³-hybridized carbons (Fsp3) is 0.600. The number of likely N-dealkylation sites (tertiary alicyclic amines) is 1. The zero-order valence-electron chi connectivity index (χ0n) is 22.0. The van der Waals surface area contributed by atoms with Crippen molar-refractivity contribution < 1.29 is 29.3 Å². The maximum atomic E-state index is 13.7. The third-order valence-corrected chi connectivity index (χ3v) is 8.46. The van der Waals surface area contributed by atoms with E-state index in [0.29, 0.717) is 24.8 Å². The number of aromatic hydroxyl groups is 1. The van der Waals surface area contributed by atoms with Crippen molar-refractivity contribution in [2.45, 2.75) is 90.2 Å². The molecular weight excluding hydrogens is 473 g/mol. The molecule has 1 aliphatic heterocycles. The van der Waals surface area contributed by atoms with Gasteiger partial charge in [0.25, 0.3) is 0 Å². The summed E-state index contributed by atoms with van der Waals surface area (Å²) in [5.74, 6) is -2.97. The number of amides is 2. The molecule has 0 bridgehead atoms. The first-order chi connectivity index (χ1) is 17.8. The van der Waals surface area contributed by atoms with Crippen LogP contribution in [0, 0.1) is 23.6 Å². The average molecular weight is 514 g/mol. The number of carbonyl (C=O) groups is 2. The highest BCUT2D eigenvalue weighted by molar-refractivity contribution is 6.06. The molecule has 1 saturated carbocycles. The molecule has 3 aliphatic rings. The fourth-order valence-electron chi connectivity index (χ4n) is 6.71. The number of hydrogen-bond acceptors (Lipinski definition) is 5. The van der Waals surface area contributed by atoms with Crippen molar-refractivity contribution in [3.05, 3.63) is 46.3 Å². The van der Waals surface area contributed by atoms with Gasteiger partial charge in [-0.3, -0.25) is 14.5 Å². The summed E-state index contributed by atoms with van der Waals surface area (Å²) in [6, 6.07) is 4.16. The second-order valence-corrected chi connectivity index (χ2v) is 11.0. The number of hydrogen-bond donors (Lipinski definition) is 3. The summed E-state index contributed by atoms with van der Waals surface area (Å²) in [6.45, 7) is 3.68. The molecule has 4 rings (SSSR count). The summed E-state index contributed by atoms with van der Waals surface area (Å²) in [5.41, 5.74) is 3.30. The van der Waals surface area contributed by atoms with E-state index >= 15 is 0 Å². The summed E-state index contributed by atoms with van der Waals surface area (Å²) in [6.07, 6.45) is 8.83. The Morgan fingerprint density at radius 3 is 2.57 bits per heavy atom. The van der Waals surface area contributed by atoms with Crippen molar-refractivity contribution >= 4 is 17.9 Å². The van der Waals surface area contributed by atoms with Gasteiger partial charge in [-0.2, -0.15) is 0 Å². The molecule has 0 spiro atoms. The van der Waals surface area contributed by atoms with E-state index in [0.717, 1.165) is 61.7 Å². The molecule has 0 aromatic heterocycles. The smallest absolute Gasteiger partial charge is 0.234 e. The van der Waals surface area contributed by atoms with Crippen LogP contribution in [0.1, 0.15) is 83.6 Å². The molecule has 2 amide bonds. The summed E-state index contributed by atoms with van der Waals surface area (Å²) >= 11 is 0. The average Bonchev–Trinajstić information content (AvgIpc) is 3.14. The van der Waals surface area contributed by atoms with Crippen LogP contribution in [0.25, 0.3) is 6.08 Å². The lowest BCUT2D eigenvalue weighted by Gasteiger charge is -2.36. The number of benzene rings is 1. The Bertz CT molecular complexity index is 1070. The third kappa shape index (κ3) is 5.68.